The Morgan fingerprint density at radius 2 is 2.17 bits per heavy atom. The van der Waals surface area contributed by atoms with Gasteiger partial charge in [-0.3, -0.25) is 4.90 Å². The third-order valence-corrected chi connectivity index (χ3v) is 1.41. The Bertz CT molecular complexity index is 263. The Morgan fingerprint density at radius 3 is 2.58 bits per heavy atom. The number of aromatic nitrogens is 2. The van der Waals surface area contributed by atoms with Crippen molar-refractivity contribution < 1.29 is 9.90 Å². The first-order valence-electron chi connectivity index (χ1n) is 3.51. The lowest BCUT2D eigenvalue weighted by Crippen LogP contribution is -2.28. The van der Waals surface area contributed by atoms with Crippen molar-refractivity contribution >= 4 is 11.8 Å². The Kier molecular flexibility index (Phi) is 2.57. The maximum Gasteiger partial charge on any atom is 0.411 e. The molecule has 0 saturated heterocycles. The molecule has 0 unspecified atom stereocenters. The molecule has 1 aromatic heterocycles. The fourth-order valence-corrected chi connectivity index (χ4v) is 0.859. The van der Waals surface area contributed by atoms with Crippen LogP contribution in [0.15, 0.2) is 18.7 Å². The standard InChI is InChI=1S/C7H9N3O2/c1-2-10(7(11)12)6-3-8-5-9-4-6/h3-5H,2H2,1H3,(H,11,12). The predicted octanol–water partition coefficient (Wildman–Crippen LogP) is 0.981. The van der Waals surface area contributed by atoms with E-state index in [1.807, 2.05) is 0 Å². The van der Waals surface area contributed by atoms with Crippen LogP contribution in [0.3, 0.4) is 0 Å². The molecule has 1 rings (SSSR count). The highest BCUT2D eigenvalue weighted by Crippen LogP contribution is 2.08. The normalized spacial score (nSPS) is 9.42. The molecule has 5 nitrogen and oxygen atoms in total. The van der Waals surface area contributed by atoms with Gasteiger partial charge >= 0.3 is 6.09 Å². The third-order valence-electron chi connectivity index (χ3n) is 1.41. The second-order valence-electron chi connectivity index (χ2n) is 2.12. The van der Waals surface area contributed by atoms with Crippen LogP contribution >= 0.6 is 0 Å². The molecule has 0 atom stereocenters. The average molecular weight is 167 g/mol. The van der Waals surface area contributed by atoms with Gasteiger partial charge in [0, 0.05) is 6.54 Å². The molecular weight excluding hydrogens is 158 g/mol. The monoisotopic (exact) mass is 167 g/mol. The van der Waals surface area contributed by atoms with Gasteiger partial charge < -0.3 is 5.11 Å². The van der Waals surface area contributed by atoms with Crippen LogP contribution in [0.4, 0.5) is 10.5 Å². The Balaban J connectivity index is 2.88. The minimum atomic E-state index is -0.993. The summed E-state index contributed by atoms with van der Waals surface area (Å²) in [5.74, 6) is 0. The van der Waals surface area contributed by atoms with E-state index in [9.17, 15) is 4.79 Å². The Labute approximate surface area is 69.7 Å². The molecule has 0 fully saturated rings. The van der Waals surface area contributed by atoms with E-state index in [1.165, 1.54) is 23.6 Å². The zero-order valence-electron chi connectivity index (χ0n) is 6.64. The van der Waals surface area contributed by atoms with E-state index in [-0.39, 0.29) is 0 Å². The van der Waals surface area contributed by atoms with Crippen LogP contribution in [-0.4, -0.2) is 27.7 Å². The SMILES string of the molecule is CCN(C(=O)O)c1cncnc1. The van der Waals surface area contributed by atoms with Crippen LogP contribution in [0.2, 0.25) is 0 Å². The molecule has 12 heavy (non-hydrogen) atoms. The summed E-state index contributed by atoms with van der Waals surface area (Å²) in [5.41, 5.74) is 0.493. The van der Waals surface area contributed by atoms with Crippen LogP contribution in [-0.2, 0) is 0 Å². The van der Waals surface area contributed by atoms with E-state index in [2.05, 4.69) is 9.97 Å². The van der Waals surface area contributed by atoms with Crippen molar-refractivity contribution in [2.45, 2.75) is 6.92 Å². The first kappa shape index (κ1) is 8.45. The molecular formula is C7H9N3O2. The van der Waals surface area contributed by atoms with Gasteiger partial charge in [0.1, 0.15) is 6.33 Å². The summed E-state index contributed by atoms with van der Waals surface area (Å²) in [6.07, 6.45) is 3.29. The van der Waals surface area contributed by atoms with Crippen molar-refractivity contribution in [2.75, 3.05) is 11.4 Å². The fraction of sp³-hybridized carbons (Fsp3) is 0.286. The fourth-order valence-electron chi connectivity index (χ4n) is 0.859. The molecule has 0 aromatic carbocycles. The lowest BCUT2D eigenvalue weighted by Gasteiger charge is -2.14. The average Bonchev–Trinajstić information content (AvgIpc) is 2.07. The van der Waals surface area contributed by atoms with Gasteiger partial charge in [-0.1, -0.05) is 0 Å². The van der Waals surface area contributed by atoms with Gasteiger partial charge in [-0.2, -0.15) is 0 Å². The quantitative estimate of drug-likeness (QED) is 0.713. The van der Waals surface area contributed by atoms with Crippen molar-refractivity contribution in [3.05, 3.63) is 18.7 Å². The lowest BCUT2D eigenvalue weighted by molar-refractivity contribution is 0.202. The van der Waals surface area contributed by atoms with Crippen molar-refractivity contribution in [2.24, 2.45) is 0 Å². The van der Waals surface area contributed by atoms with Crippen LogP contribution in [0, 0.1) is 0 Å². The van der Waals surface area contributed by atoms with Crippen LogP contribution in [0.25, 0.3) is 0 Å². The number of nitrogens with zero attached hydrogens (tertiary/aromatic N) is 3. The second kappa shape index (κ2) is 3.66. The molecule has 1 amide bonds. The van der Waals surface area contributed by atoms with E-state index < -0.39 is 6.09 Å². The zero-order chi connectivity index (χ0) is 8.97. The maximum absolute atomic E-state index is 10.6. The molecule has 1 aromatic rings. The summed E-state index contributed by atoms with van der Waals surface area (Å²) in [5, 5.41) is 8.70. The Morgan fingerprint density at radius 1 is 1.58 bits per heavy atom. The summed E-state index contributed by atoms with van der Waals surface area (Å²) in [7, 11) is 0. The van der Waals surface area contributed by atoms with E-state index in [4.69, 9.17) is 5.11 Å². The van der Waals surface area contributed by atoms with E-state index in [1.54, 1.807) is 6.92 Å². The minimum absolute atomic E-state index is 0.392. The van der Waals surface area contributed by atoms with Gasteiger partial charge in [0.25, 0.3) is 0 Å². The highest BCUT2D eigenvalue weighted by Gasteiger charge is 2.11. The first-order valence-corrected chi connectivity index (χ1v) is 3.51. The first-order chi connectivity index (χ1) is 5.75. The topological polar surface area (TPSA) is 66.3 Å². The lowest BCUT2D eigenvalue weighted by atomic mass is 10.4. The van der Waals surface area contributed by atoms with Crippen molar-refractivity contribution in [1.82, 2.24) is 9.97 Å². The van der Waals surface area contributed by atoms with Gasteiger partial charge in [0.15, 0.2) is 0 Å². The predicted molar refractivity (Wildman–Crippen MR) is 43.1 cm³/mol. The summed E-state index contributed by atoms with van der Waals surface area (Å²) in [6, 6.07) is 0. The smallest absolute Gasteiger partial charge is 0.411 e. The molecule has 1 heterocycles. The number of hydrogen-bond acceptors (Lipinski definition) is 3. The van der Waals surface area contributed by atoms with Crippen molar-refractivity contribution in [1.29, 1.82) is 0 Å². The van der Waals surface area contributed by atoms with Gasteiger partial charge in [-0.25, -0.2) is 14.8 Å². The maximum atomic E-state index is 10.6. The number of carboxylic acid groups (broad SMARTS) is 1. The van der Waals surface area contributed by atoms with Gasteiger partial charge in [-0.15, -0.1) is 0 Å². The highest BCUT2D eigenvalue weighted by atomic mass is 16.4. The highest BCUT2D eigenvalue weighted by molar-refractivity contribution is 5.85. The van der Waals surface area contributed by atoms with Gasteiger partial charge in [0.05, 0.1) is 18.1 Å². The molecule has 0 spiro atoms. The number of carbonyl (C=O) groups is 1. The van der Waals surface area contributed by atoms with E-state index >= 15 is 0 Å². The largest absolute Gasteiger partial charge is 0.465 e. The zero-order valence-corrected chi connectivity index (χ0v) is 6.64. The van der Waals surface area contributed by atoms with E-state index in [0.717, 1.165) is 0 Å². The molecule has 0 aliphatic carbocycles. The molecule has 0 aliphatic rings. The molecule has 1 N–H and O–H groups in total. The number of amides is 1. The minimum Gasteiger partial charge on any atom is -0.465 e. The summed E-state index contributed by atoms with van der Waals surface area (Å²) >= 11 is 0. The van der Waals surface area contributed by atoms with Gasteiger partial charge in [0.2, 0.25) is 0 Å². The number of hydrogen-bond donors (Lipinski definition) is 1. The molecule has 64 valence electrons. The molecule has 0 aliphatic heterocycles. The van der Waals surface area contributed by atoms with Crippen LogP contribution in [0.1, 0.15) is 6.92 Å². The van der Waals surface area contributed by atoms with Crippen LogP contribution < -0.4 is 4.90 Å². The van der Waals surface area contributed by atoms with Crippen molar-refractivity contribution in [3.63, 3.8) is 0 Å². The van der Waals surface area contributed by atoms with E-state index in [0.29, 0.717) is 12.2 Å². The molecule has 0 saturated carbocycles. The second-order valence-corrected chi connectivity index (χ2v) is 2.12. The Hall–Kier alpha value is -1.65. The van der Waals surface area contributed by atoms with Gasteiger partial charge in [-0.05, 0) is 6.92 Å². The molecule has 0 radical (unpaired) electrons. The third kappa shape index (κ3) is 1.69. The van der Waals surface area contributed by atoms with Crippen LogP contribution in [0.5, 0.6) is 0 Å². The summed E-state index contributed by atoms with van der Waals surface area (Å²) < 4.78 is 0. The molecule has 5 heteroatoms. The molecule has 0 bridgehead atoms. The number of rotatable bonds is 2. The summed E-state index contributed by atoms with van der Waals surface area (Å²) in [4.78, 5) is 19.2. The number of anilines is 1. The van der Waals surface area contributed by atoms with Crippen molar-refractivity contribution in [3.8, 4) is 0 Å². The summed E-state index contributed by atoms with van der Waals surface area (Å²) in [6.45, 7) is 2.14.